The molecule has 2 heterocycles. The lowest BCUT2D eigenvalue weighted by Gasteiger charge is -2.15. The Bertz CT molecular complexity index is 391. The first-order valence-electron chi connectivity index (χ1n) is 7.22. The average Bonchev–Trinajstić information content (AvgIpc) is 2.89. The van der Waals surface area contributed by atoms with Gasteiger partial charge in [-0.15, -0.1) is 0 Å². The third-order valence-corrected chi connectivity index (χ3v) is 3.23. The molecule has 0 unspecified atom stereocenters. The van der Waals surface area contributed by atoms with Gasteiger partial charge in [-0.25, -0.2) is 4.98 Å². The molecule has 1 aliphatic heterocycles. The molecule has 0 aliphatic carbocycles. The molecular formula is C14H24N4O. The highest BCUT2D eigenvalue weighted by Crippen LogP contribution is 2.14. The summed E-state index contributed by atoms with van der Waals surface area (Å²) in [6.07, 6.45) is 3.71. The van der Waals surface area contributed by atoms with Crippen molar-refractivity contribution in [3.8, 4) is 5.88 Å². The van der Waals surface area contributed by atoms with Crippen LogP contribution >= 0.6 is 0 Å². The van der Waals surface area contributed by atoms with Gasteiger partial charge in [-0.1, -0.05) is 6.92 Å². The van der Waals surface area contributed by atoms with Gasteiger partial charge in [-0.3, -0.25) is 4.90 Å². The molecular weight excluding hydrogens is 240 g/mol. The van der Waals surface area contributed by atoms with E-state index in [-0.39, 0.29) is 0 Å². The van der Waals surface area contributed by atoms with E-state index in [2.05, 4.69) is 27.1 Å². The van der Waals surface area contributed by atoms with Crippen molar-refractivity contribution >= 4 is 5.82 Å². The zero-order valence-electron chi connectivity index (χ0n) is 12.0. The second kappa shape index (κ2) is 7.28. The van der Waals surface area contributed by atoms with Crippen molar-refractivity contribution in [1.29, 1.82) is 0 Å². The van der Waals surface area contributed by atoms with Crippen LogP contribution in [0.4, 0.5) is 5.82 Å². The Kier molecular flexibility index (Phi) is 5.39. The summed E-state index contributed by atoms with van der Waals surface area (Å²) in [4.78, 5) is 11.1. The number of likely N-dealkylation sites (tertiary alicyclic amines) is 1. The topological polar surface area (TPSA) is 50.3 Å². The molecule has 0 bridgehead atoms. The maximum absolute atomic E-state index is 5.74. The van der Waals surface area contributed by atoms with Crippen LogP contribution in [0.25, 0.3) is 0 Å². The Morgan fingerprint density at radius 1 is 1.32 bits per heavy atom. The molecule has 2 rings (SSSR count). The first kappa shape index (κ1) is 14.1. The first-order chi connectivity index (χ1) is 9.28. The Morgan fingerprint density at radius 2 is 2.11 bits per heavy atom. The van der Waals surface area contributed by atoms with Crippen LogP contribution in [-0.4, -0.2) is 47.7 Å². The quantitative estimate of drug-likeness (QED) is 0.817. The summed E-state index contributed by atoms with van der Waals surface area (Å²) in [6, 6.07) is 1.88. The van der Waals surface area contributed by atoms with Gasteiger partial charge in [0.25, 0.3) is 0 Å². The number of rotatable bonds is 7. The van der Waals surface area contributed by atoms with Gasteiger partial charge in [0.05, 0.1) is 0 Å². The lowest BCUT2D eigenvalue weighted by atomic mass is 10.4. The summed E-state index contributed by atoms with van der Waals surface area (Å²) >= 11 is 0. The molecule has 1 N–H and O–H groups in total. The van der Waals surface area contributed by atoms with Gasteiger partial charge >= 0.3 is 0 Å². The van der Waals surface area contributed by atoms with Crippen LogP contribution in [0.5, 0.6) is 5.88 Å². The Labute approximate surface area is 115 Å². The van der Waals surface area contributed by atoms with Crippen molar-refractivity contribution in [2.75, 3.05) is 38.1 Å². The van der Waals surface area contributed by atoms with Gasteiger partial charge in [0.2, 0.25) is 5.88 Å². The second-order valence-corrected chi connectivity index (χ2v) is 4.96. The molecule has 0 atom stereocenters. The van der Waals surface area contributed by atoms with Crippen molar-refractivity contribution in [3.63, 3.8) is 0 Å². The lowest BCUT2D eigenvalue weighted by Crippen LogP contribution is -2.25. The highest BCUT2D eigenvalue weighted by molar-refractivity contribution is 5.38. The predicted octanol–water partition coefficient (Wildman–Crippen LogP) is 2.08. The van der Waals surface area contributed by atoms with Crippen molar-refractivity contribution in [2.24, 2.45) is 0 Å². The molecule has 0 amide bonds. The molecule has 1 aromatic rings. The minimum atomic E-state index is 0.672. The van der Waals surface area contributed by atoms with Crippen LogP contribution < -0.4 is 10.1 Å². The zero-order chi connectivity index (χ0) is 13.5. The molecule has 5 nitrogen and oxygen atoms in total. The average molecular weight is 264 g/mol. The van der Waals surface area contributed by atoms with Crippen molar-refractivity contribution in [3.05, 3.63) is 11.9 Å². The van der Waals surface area contributed by atoms with E-state index in [9.17, 15) is 0 Å². The van der Waals surface area contributed by atoms with Crippen LogP contribution in [0.1, 0.15) is 32.0 Å². The number of nitrogens with one attached hydrogen (secondary N) is 1. The number of ether oxygens (including phenoxy) is 1. The van der Waals surface area contributed by atoms with E-state index in [1.54, 1.807) is 0 Å². The van der Waals surface area contributed by atoms with E-state index in [1.165, 1.54) is 25.9 Å². The molecule has 19 heavy (non-hydrogen) atoms. The van der Waals surface area contributed by atoms with Crippen molar-refractivity contribution in [2.45, 2.75) is 33.1 Å². The Morgan fingerprint density at radius 3 is 2.84 bits per heavy atom. The SMILES string of the molecule is CCCNc1cc(OCCN2CCCC2)nc(C)n1. The summed E-state index contributed by atoms with van der Waals surface area (Å²) in [7, 11) is 0. The number of anilines is 1. The molecule has 0 saturated carbocycles. The standard InChI is InChI=1S/C14H24N4O/c1-3-6-15-13-11-14(17-12(2)16-13)19-10-9-18-7-4-5-8-18/h11H,3-10H2,1-2H3,(H,15,16,17). The minimum absolute atomic E-state index is 0.672. The summed E-state index contributed by atoms with van der Waals surface area (Å²) in [5.41, 5.74) is 0. The van der Waals surface area contributed by atoms with Gasteiger partial charge in [0.15, 0.2) is 0 Å². The molecule has 0 aromatic carbocycles. The normalized spacial score (nSPS) is 15.7. The third-order valence-electron chi connectivity index (χ3n) is 3.23. The number of aromatic nitrogens is 2. The van der Waals surface area contributed by atoms with Crippen molar-refractivity contribution in [1.82, 2.24) is 14.9 Å². The molecule has 1 saturated heterocycles. The van der Waals surface area contributed by atoms with Crippen LogP contribution in [0.15, 0.2) is 6.07 Å². The molecule has 1 aromatic heterocycles. The predicted molar refractivity (Wildman–Crippen MR) is 76.7 cm³/mol. The van der Waals surface area contributed by atoms with E-state index < -0.39 is 0 Å². The minimum Gasteiger partial charge on any atom is -0.476 e. The van der Waals surface area contributed by atoms with Crippen molar-refractivity contribution < 1.29 is 4.74 Å². The van der Waals surface area contributed by atoms with Crippen LogP contribution in [0, 0.1) is 6.92 Å². The van der Waals surface area contributed by atoms with Gasteiger partial charge in [-0.05, 0) is 39.3 Å². The Balaban J connectivity index is 1.82. The highest BCUT2D eigenvalue weighted by atomic mass is 16.5. The summed E-state index contributed by atoms with van der Waals surface area (Å²) in [5.74, 6) is 2.27. The van der Waals surface area contributed by atoms with Crippen LogP contribution in [0.3, 0.4) is 0 Å². The lowest BCUT2D eigenvalue weighted by molar-refractivity contribution is 0.231. The van der Waals surface area contributed by atoms with Crippen LogP contribution in [0.2, 0.25) is 0 Å². The second-order valence-electron chi connectivity index (χ2n) is 4.96. The summed E-state index contributed by atoms with van der Waals surface area (Å²) in [5, 5.41) is 3.27. The maximum Gasteiger partial charge on any atom is 0.218 e. The van der Waals surface area contributed by atoms with E-state index in [4.69, 9.17) is 4.74 Å². The maximum atomic E-state index is 5.74. The number of nitrogens with zero attached hydrogens (tertiary/aromatic N) is 3. The third kappa shape index (κ3) is 4.67. The van der Waals surface area contributed by atoms with E-state index in [0.717, 1.165) is 31.2 Å². The van der Waals surface area contributed by atoms with E-state index >= 15 is 0 Å². The number of hydrogen-bond donors (Lipinski definition) is 1. The Hall–Kier alpha value is -1.36. The number of aryl methyl sites for hydroxylation is 1. The van der Waals surface area contributed by atoms with Gasteiger partial charge in [0.1, 0.15) is 18.2 Å². The molecule has 0 spiro atoms. The molecule has 0 radical (unpaired) electrons. The molecule has 106 valence electrons. The van der Waals surface area contributed by atoms with Crippen LogP contribution in [-0.2, 0) is 0 Å². The van der Waals surface area contributed by atoms with E-state index in [0.29, 0.717) is 12.5 Å². The number of hydrogen-bond acceptors (Lipinski definition) is 5. The van der Waals surface area contributed by atoms with Gasteiger partial charge < -0.3 is 10.1 Å². The largest absolute Gasteiger partial charge is 0.476 e. The monoisotopic (exact) mass is 264 g/mol. The highest BCUT2D eigenvalue weighted by Gasteiger charge is 2.11. The van der Waals surface area contributed by atoms with Gasteiger partial charge in [-0.2, -0.15) is 4.98 Å². The fraction of sp³-hybridized carbons (Fsp3) is 0.714. The summed E-state index contributed by atoms with van der Waals surface area (Å²) < 4.78 is 5.74. The molecule has 1 aliphatic rings. The fourth-order valence-electron chi connectivity index (χ4n) is 2.24. The molecule has 1 fully saturated rings. The molecule has 5 heteroatoms. The van der Waals surface area contributed by atoms with Gasteiger partial charge in [0, 0.05) is 19.2 Å². The first-order valence-corrected chi connectivity index (χ1v) is 7.22. The summed E-state index contributed by atoms with van der Waals surface area (Å²) in [6.45, 7) is 9.04. The smallest absolute Gasteiger partial charge is 0.218 e. The van der Waals surface area contributed by atoms with E-state index in [1.807, 2.05) is 13.0 Å². The zero-order valence-corrected chi connectivity index (χ0v) is 12.0. The fourth-order valence-corrected chi connectivity index (χ4v) is 2.24.